The highest BCUT2D eigenvalue weighted by atomic mass is 19.4. The van der Waals surface area contributed by atoms with E-state index in [2.05, 4.69) is 17.2 Å². The lowest BCUT2D eigenvalue weighted by Crippen LogP contribution is -2.41. The first-order valence-corrected chi connectivity index (χ1v) is 17.1. The summed E-state index contributed by atoms with van der Waals surface area (Å²) in [5.74, 6) is 4.22. The van der Waals surface area contributed by atoms with Crippen molar-refractivity contribution in [3.63, 3.8) is 0 Å². The second-order valence-electron chi connectivity index (χ2n) is 14.2. The third kappa shape index (κ3) is 10.3. The maximum atomic E-state index is 14.2. The van der Waals surface area contributed by atoms with Crippen molar-refractivity contribution in [3.05, 3.63) is 86.6 Å². The highest BCUT2D eigenvalue weighted by Crippen LogP contribution is 2.33. The Balaban J connectivity index is 1.83. The summed E-state index contributed by atoms with van der Waals surface area (Å²) < 4.78 is 48.9. The average molecular weight is 709 g/mol. The van der Waals surface area contributed by atoms with Crippen LogP contribution in [-0.2, 0) is 26.9 Å². The van der Waals surface area contributed by atoms with Gasteiger partial charge in [-0.2, -0.15) is 13.2 Å². The van der Waals surface area contributed by atoms with E-state index in [9.17, 15) is 32.7 Å². The van der Waals surface area contributed by atoms with Crippen molar-refractivity contribution in [1.29, 1.82) is 0 Å². The molecule has 1 unspecified atom stereocenters. The number of halogens is 3. The topological polar surface area (TPSA) is 114 Å². The summed E-state index contributed by atoms with van der Waals surface area (Å²) in [5.41, 5.74) is 1.37. The van der Waals surface area contributed by atoms with Crippen molar-refractivity contribution in [2.24, 2.45) is 5.92 Å². The Morgan fingerprint density at radius 1 is 1.16 bits per heavy atom. The molecule has 4 rings (SSSR count). The van der Waals surface area contributed by atoms with E-state index in [0.29, 0.717) is 18.4 Å². The number of carboxylic acids is 1. The number of rotatable bonds is 12. The molecule has 9 nitrogen and oxygen atoms in total. The third-order valence-corrected chi connectivity index (χ3v) is 8.97. The zero-order chi connectivity index (χ0) is 37.7. The van der Waals surface area contributed by atoms with Gasteiger partial charge < -0.3 is 24.6 Å². The van der Waals surface area contributed by atoms with Crippen molar-refractivity contribution in [1.82, 2.24) is 19.8 Å². The molecule has 0 aliphatic carbocycles. The summed E-state index contributed by atoms with van der Waals surface area (Å²) in [4.78, 5) is 46.2. The van der Waals surface area contributed by atoms with Gasteiger partial charge in [0.15, 0.2) is 0 Å². The number of likely N-dealkylation sites (N-methyl/N-ethyl adjacent to an activating group) is 1. The minimum atomic E-state index is -4.77. The van der Waals surface area contributed by atoms with Crippen LogP contribution in [-0.4, -0.2) is 64.3 Å². The molecule has 2 aromatic heterocycles. The molecule has 0 saturated carbocycles. The number of benzene rings is 1. The number of carboxylic acid groups (broad SMARTS) is 1. The highest BCUT2D eigenvalue weighted by molar-refractivity contribution is 5.82. The minimum absolute atomic E-state index is 0.0112. The Morgan fingerprint density at radius 2 is 1.84 bits per heavy atom. The number of carbonyl (C=O) groups is 2. The zero-order valence-corrected chi connectivity index (χ0v) is 30.3. The van der Waals surface area contributed by atoms with Gasteiger partial charge in [0.05, 0.1) is 23.7 Å². The summed E-state index contributed by atoms with van der Waals surface area (Å²) in [6, 6.07) is 7.56. The number of nitrogens with one attached hydrogen (secondary N) is 1. The van der Waals surface area contributed by atoms with Crippen LogP contribution in [0.2, 0.25) is 0 Å². The Morgan fingerprint density at radius 3 is 2.41 bits per heavy atom. The van der Waals surface area contributed by atoms with Gasteiger partial charge in [-0.3, -0.25) is 14.4 Å². The summed E-state index contributed by atoms with van der Waals surface area (Å²) in [5, 5.41) is 12.8. The number of aryl methyl sites for hydroxylation is 2. The van der Waals surface area contributed by atoms with E-state index >= 15 is 0 Å². The average Bonchev–Trinajstić information content (AvgIpc) is 3.47. The smallest absolute Gasteiger partial charge is 0.416 e. The highest BCUT2D eigenvalue weighted by Gasteiger charge is 2.36. The van der Waals surface area contributed by atoms with Crippen LogP contribution in [0, 0.1) is 31.6 Å². The molecule has 0 spiro atoms. The second kappa shape index (κ2) is 16.3. The van der Waals surface area contributed by atoms with Crippen molar-refractivity contribution >= 4 is 11.9 Å². The van der Waals surface area contributed by atoms with Gasteiger partial charge in [0.2, 0.25) is 5.91 Å². The van der Waals surface area contributed by atoms with E-state index in [4.69, 9.17) is 9.72 Å². The molecule has 1 fully saturated rings. The van der Waals surface area contributed by atoms with Crippen LogP contribution < -0.4 is 10.9 Å². The van der Waals surface area contributed by atoms with Crippen LogP contribution >= 0.6 is 0 Å². The number of nitrogens with zero attached hydrogens (tertiary/aromatic N) is 3. The fourth-order valence-electron chi connectivity index (χ4n) is 6.39. The standard InChI is InChI=1S/C39H47F3N4O5/c1-24(2)18-33(46-23-27(13-16-45(6)7)30(21-34(46)47)39(40,41)42)37(50)44-32(22-35(48)49)31-20-28(36-25(3)10-8-11-26(36)4)19-29(43-31)12-15-38(5)14-9-17-51-38/h8,10-11,19-21,23-24,32-33H,9,13-14,16-18,22H2,1-7H3,(H,44,50)(H,48,49)/t32-,33-,38?/m0/s1. The molecule has 3 aromatic rings. The van der Waals surface area contributed by atoms with Crippen LogP contribution in [0.3, 0.4) is 0 Å². The molecule has 1 aromatic carbocycles. The first-order valence-electron chi connectivity index (χ1n) is 17.1. The molecule has 51 heavy (non-hydrogen) atoms. The molecule has 1 aliphatic rings. The first-order chi connectivity index (χ1) is 23.9. The van der Waals surface area contributed by atoms with E-state index < -0.39 is 53.3 Å². The molecule has 274 valence electrons. The van der Waals surface area contributed by atoms with Crippen LogP contribution in [0.5, 0.6) is 0 Å². The quantitative estimate of drug-likeness (QED) is 0.207. The predicted octanol–water partition coefficient (Wildman–Crippen LogP) is 6.49. The molecule has 0 radical (unpaired) electrons. The summed E-state index contributed by atoms with van der Waals surface area (Å²) >= 11 is 0. The van der Waals surface area contributed by atoms with Crippen molar-refractivity contribution in [2.45, 2.75) is 90.6 Å². The molecule has 1 aliphatic heterocycles. The maximum Gasteiger partial charge on any atom is 0.416 e. The molecule has 12 heteroatoms. The Labute approximate surface area is 297 Å². The lowest BCUT2D eigenvalue weighted by molar-refractivity contribution is -0.139. The van der Waals surface area contributed by atoms with Crippen LogP contribution in [0.4, 0.5) is 13.2 Å². The van der Waals surface area contributed by atoms with Crippen molar-refractivity contribution < 1.29 is 32.6 Å². The van der Waals surface area contributed by atoms with Gasteiger partial charge in [-0.1, -0.05) is 38.0 Å². The molecular weight excluding hydrogens is 661 g/mol. The number of alkyl halides is 3. The third-order valence-electron chi connectivity index (χ3n) is 8.97. The number of ether oxygens (including phenoxy) is 1. The van der Waals surface area contributed by atoms with Gasteiger partial charge in [-0.25, -0.2) is 4.98 Å². The molecular formula is C39H47F3N4O5. The van der Waals surface area contributed by atoms with Gasteiger partial charge in [-0.15, -0.1) is 0 Å². The predicted molar refractivity (Wildman–Crippen MR) is 189 cm³/mol. The lowest BCUT2D eigenvalue weighted by Gasteiger charge is -2.26. The molecule has 1 saturated heterocycles. The summed E-state index contributed by atoms with van der Waals surface area (Å²) in [6.07, 6.45) is -2.48. The molecule has 2 N–H and O–H groups in total. The normalized spacial score (nSPS) is 17.3. The number of hydrogen-bond donors (Lipinski definition) is 2. The van der Waals surface area contributed by atoms with E-state index in [-0.39, 0.29) is 36.6 Å². The van der Waals surface area contributed by atoms with Crippen LogP contribution in [0.25, 0.3) is 11.1 Å². The Kier molecular flexibility index (Phi) is 12.5. The summed E-state index contributed by atoms with van der Waals surface area (Å²) in [7, 11) is 3.45. The monoisotopic (exact) mass is 708 g/mol. The van der Waals surface area contributed by atoms with Crippen molar-refractivity contribution in [3.8, 4) is 23.0 Å². The second-order valence-corrected chi connectivity index (χ2v) is 14.2. The molecule has 3 atom stereocenters. The SMILES string of the molecule is Cc1cccc(C)c1-c1cc(C#CC2(C)CCCO2)nc([C@H](CC(=O)O)NC(=O)[C@H](CC(C)C)n2cc(CCN(C)C)c(C(F)(F)F)cc2=O)c1. The number of pyridine rings is 2. The van der Waals surface area contributed by atoms with Crippen LogP contribution in [0.1, 0.15) is 92.2 Å². The number of aliphatic carboxylic acids is 1. The number of carbonyl (C=O) groups excluding carboxylic acids is 1. The Hall–Kier alpha value is -4.47. The first kappa shape index (κ1) is 39.3. The van der Waals surface area contributed by atoms with Gasteiger partial charge >= 0.3 is 12.1 Å². The van der Waals surface area contributed by atoms with Gasteiger partial charge in [-0.05, 0) is 112 Å². The lowest BCUT2D eigenvalue weighted by atomic mass is 9.94. The molecule has 1 amide bonds. The van der Waals surface area contributed by atoms with Gasteiger partial charge in [0.1, 0.15) is 17.3 Å². The van der Waals surface area contributed by atoms with Crippen LogP contribution in [0.15, 0.2) is 47.4 Å². The molecule has 0 bridgehead atoms. The largest absolute Gasteiger partial charge is 0.481 e. The van der Waals surface area contributed by atoms with Gasteiger partial charge in [0, 0.05) is 25.4 Å². The fourth-order valence-corrected chi connectivity index (χ4v) is 6.39. The van der Waals surface area contributed by atoms with E-state index in [0.717, 1.165) is 45.9 Å². The van der Waals surface area contributed by atoms with Crippen molar-refractivity contribution in [2.75, 3.05) is 27.2 Å². The van der Waals surface area contributed by atoms with E-state index in [1.165, 1.54) is 0 Å². The zero-order valence-electron chi connectivity index (χ0n) is 30.3. The number of amides is 1. The number of aromatic nitrogens is 2. The van der Waals surface area contributed by atoms with E-state index in [1.54, 1.807) is 25.1 Å². The minimum Gasteiger partial charge on any atom is -0.481 e. The summed E-state index contributed by atoms with van der Waals surface area (Å²) in [6.45, 7) is 10.3. The molecule has 3 heterocycles. The fraction of sp³-hybridized carbons (Fsp3) is 0.487. The number of hydrogen-bond acceptors (Lipinski definition) is 6. The Bertz CT molecular complexity index is 1850. The van der Waals surface area contributed by atoms with Gasteiger partial charge in [0.25, 0.3) is 5.56 Å². The maximum absolute atomic E-state index is 14.2. The van der Waals surface area contributed by atoms with E-state index in [1.807, 2.05) is 58.9 Å².